The molecule has 18 heavy (non-hydrogen) atoms. The number of alkyl halides is 2. The summed E-state index contributed by atoms with van der Waals surface area (Å²) in [6.45, 7) is 4.30. The normalized spacial score (nSPS) is 13.4. The fourth-order valence-corrected chi connectivity index (χ4v) is 1.98. The Hall–Kier alpha value is -1.17. The lowest BCUT2D eigenvalue weighted by Gasteiger charge is -2.30. The van der Waals surface area contributed by atoms with Crippen molar-refractivity contribution in [3.8, 4) is 0 Å². The lowest BCUT2D eigenvalue weighted by molar-refractivity contribution is -0.104. The van der Waals surface area contributed by atoms with Crippen LogP contribution in [-0.4, -0.2) is 14.7 Å². The Labute approximate surface area is 106 Å². The number of anilines is 1. The smallest absolute Gasteiger partial charge is 0.278 e. The molecule has 0 atom stereocenters. The summed E-state index contributed by atoms with van der Waals surface area (Å²) in [6.07, 6.45) is 0.974. The number of benzene rings is 1. The highest BCUT2D eigenvalue weighted by atomic mass is 32.2. The molecule has 1 rings (SSSR count). The van der Waals surface area contributed by atoms with Crippen LogP contribution in [-0.2, 0) is 15.9 Å². The first-order chi connectivity index (χ1) is 7.93. The van der Waals surface area contributed by atoms with Crippen LogP contribution in [0.4, 0.5) is 14.5 Å². The predicted molar refractivity (Wildman–Crippen MR) is 68.3 cm³/mol. The van der Waals surface area contributed by atoms with Crippen molar-refractivity contribution in [2.45, 2.75) is 26.7 Å². The van der Waals surface area contributed by atoms with Crippen LogP contribution in [0, 0.1) is 5.41 Å². The van der Waals surface area contributed by atoms with Crippen LogP contribution in [0.15, 0.2) is 24.3 Å². The summed E-state index contributed by atoms with van der Waals surface area (Å²) in [5, 5.41) is 0. The van der Waals surface area contributed by atoms with Crippen LogP contribution >= 0.6 is 0 Å². The first kappa shape index (κ1) is 14.9. The van der Waals surface area contributed by atoms with E-state index in [0.29, 0.717) is 0 Å². The third-order valence-electron chi connectivity index (χ3n) is 2.47. The highest BCUT2D eigenvalue weighted by Crippen LogP contribution is 2.44. The Morgan fingerprint density at radius 1 is 1.17 bits per heavy atom. The molecule has 102 valence electrons. The summed E-state index contributed by atoms with van der Waals surface area (Å²) < 4.78 is 52.5. The average Bonchev–Trinajstić information content (AvgIpc) is 2.13. The topological polar surface area (TPSA) is 46.2 Å². The molecular formula is C12H17F2NO2S. The highest BCUT2D eigenvalue weighted by molar-refractivity contribution is 7.92. The second-order valence-electron chi connectivity index (χ2n) is 5.28. The molecule has 0 bridgehead atoms. The van der Waals surface area contributed by atoms with Crippen molar-refractivity contribution < 1.29 is 17.2 Å². The molecule has 0 fully saturated rings. The van der Waals surface area contributed by atoms with Crippen LogP contribution in [0.1, 0.15) is 26.3 Å². The molecule has 0 amide bonds. The van der Waals surface area contributed by atoms with Crippen LogP contribution in [0.25, 0.3) is 0 Å². The van der Waals surface area contributed by atoms with Crippen LogP contribution in [0.5, 0.6) is 0 Å². The fourth-order valence-electron chi connectivity index (χ4n) is 1.43. The van der Waals surface area contributed by atoms with Gasteiger partial charge in [0, 0.05) is 16.7 Å². The van der Waals surface area contributed by atoms with E-state index in [1.165, 1.54) is 39.0 Å². The summed E-state index contributed by atoms with van der Waals surface area (Å²) >= 11 is 0. The van der Waals surface area contributed by atoms with Crippen molar-refractivity contribution in [1.82, 2.24) is 0 Å². The summed E-state index contributed by atoms with van der Waals surface area (Å²) in [5.41, 5.74) is -1.31. The van der Waals surface area contributed by atoms with Gasteiger partial charge in [-0.25, -0.2) is 17.2 Å². The molecule has 1 N–H and O–H groups in total. The Morgan fingerprint density at radius 2 is 1.72 bits per heavy atom. The minimum atomic E-state index is -3.47. The second-order valence-corrected chi connectivity index (χ2v) is 7.03. The molecule has 0 spiro atoms. The van der Waals surface area contributed by atoms with E-state index in [2.05, 4.69) is 4.72 Å². The van der Waals surface area contributed by atoms with Crippen molar-refractivity contribution in [1.29, 1.82) is 0 Å². The summed E-state index contributed by atoms with van der Waals surface area (Å²) in [4.78, 5) is 0. The van der Waals surface area contributed by atoms with Gasteiger partial charge in [-0.2, -0.15) is 0 Å². The molecule has 6 heteroatoms. The molecule has 0 aromatic heterocycles. The maximum Gasteiger partial charge on any atom is 0.278 e. The Balaban J connectivity index is 3.18. The standard InChI is InChI=1S/C12H17F2NO2S/c1-11(2,3)12(13,14)9-6-5-7-10(8-9)15-18(4,16)17/h5-8,15H,1-4H3. The van der Waals surface area contributed by atoms with Gasteiger partial charge in [-0.1, -0.05) is 32.9 Å². The van der Waals surface area contributed by atoms with Crippen molar-refractivity contribution in [2.24, 2.45) is 5.41 Å². The molecule has 0 heterocycles. The number of rotatable bonds is 3. The number of hydrogen-bond donors (Lipinski definition) is 1. The van der Waals surface area contributed by atoms with E-state index in [-0.39, 0.29) is 11.3 Å². The summed E-state index contributed by atoms with van der Waals surface area (Å²) in [7, 11) is -3.47. The predicted octanol–water partition coefficient (Wildman–Crippen LogP) is 3.20. The fraction of sp³-hybridized carbons (Fsp3) is 0.500. The summed E-state index contributed by atoms with van der Waals surface area (Å²) in [5.74, 6) is -3.04. The monoisotopic (exact) mass is 277 g/mol. The molecule has 1 aromatic carbocycles. The molecule has 1 aromatic rings. The Morgan fingerprint density at radius 3 is 2.17 bits per heavy atom. The molecule has 0 aliphatic carbocycles. The zero-order valence-electron chi connectivity index (χ0n) is 10.8. The highest BCUT2D eigenvalue weighted by Gasteiger charge is 2.44. The van der Waals surface area contributed by atoms with Gasteiger partial charge in [-0.05, 0) is 12.1 Å². The SMILES string of the molecule is CC(C)(C)C(F)(F)c1cccc(NS(C)(=O)=O)c1. The van der Waals surface area contributed by atoms with Crippen LogP contribution in [0.3, 0.4) is 0 Å². The number of halogens is 2. The Kier molecular flexibility index (Phi) is 3.72. The van der Waals surface area contributed by atoms with Gasteiger partial charge in [0.2, 0.25) is 10.0 Å². The molecule has 0 aliphatic rings. The lowest BCUT2D eigenvalue weighted by Crippen LogP contribution is -2.31. The minimum Gasteiger partial charge on any atom is -0.284 e. The van der Waals surface area contributed by atoms with E-state index in [0.717, 1.165) is 12.3 Å². The van der Waals surface area contributed by atoms with E-state index in [9.17, 15) is 17.2 Å². The van der Waals surface area contributed by atoms with Crippen LogP contribution < -0.4 is 4.72 Å². The molecule has 0 saturated heterocycles. The summed E-state index contributed by atoms with van der Waals surface area (Å²) in [6, 6.07) is 5.29. The second kappa shape index (κ2) is 4.50. The van der Waals surface area contributed by atoms with E-state index >= 15 is 0 Å². The molecule has 0 radical (unpaired) electrons. The van der Waals surface area contributed by atoms with Crippen molar-refractivity contribution in [3.63, 3.8) is 0 Å². The van der Waals surface area contributed by atoms with Gasteiger partial charge in [-0.15, -0.1) is 0 Å². The van der Waals surface area contributed by atoms with Crippen molar-refractivity contribution in [3.05, 3.63) is 29.8 Å². The van der Waals surface area contributed by atoms with Crippen molar-refractivity contribution >= 4 is 15.7 Å². The number of sulfonamides is 1. The zero-order chi connectivity index (χ0) is 14.2. The molecular weight excluding hydrogens is 260 g/mol. The van der Waals surface area contributed by atoms with Crippen molar-refractivity contribution in [2.75, 3.05) is 11.0 Å². The first-order valence-corrected chi connectivity index (χ1v) is 7.29. The van der Waals surface area contributed by atoms with Gasteiger partial charge in [-0.3, -0.25) is 4.72 Å². The van der Waals surface area contributed by atoms with E-state index < -0.39 is 21.4 Å². The largest absolute Gasteiger partial charge is 0.284 e. The third-order valence-corrected chi connectivity index (χ3v) is 3.08. The number of nitrogens with one attached hydrogen (secondary N) is 1. The van der Waals surface area contributed by atoms with E-state index in [1.54, 1.807) is 0 Å². The third kappa shape index (κ3) is 3.41. The van der Waals surface area contributed by atoms with Gasteiger partial charge in [0.1, 0.15) is 0 Å². The average molecular weight is 277 g/mol. The molecule has 0 saturated carbocycles. The van der Waals surface area contributed by atoms with Gasteiger partial charge in [0.25, 0.3) is 5.92 Å². The minimum absolute atomic E-state index is 0.138. The van der Waals surface area contributed by atoms with E-state index in [1.807, 2.05) is 0 Å². The van der Waals surface area contributed by atoms with Crippen LogP contribution in [0.2, 0.25) is 0 Å². The maximum absolute atomic E-state index is 14.1. The maximum atomic E-state index is 14.1. The molecule has 0 aliphatic heterocycles. The van der Waals surface area contributed by atoms with Gasteiger partial charge in [0.15, 0.2) is 0 Å². The van der Waals surface area contributed by atoms with E-state index in [4.69, 9.17) is 0 Å². The molecule has 3 nitrogen and oxygen atoms in total. The zero-order valence-corrected chi connectivity index (χ0v) is 11.6. The quantitative estimate of drug-likeness (QED) is 0.922. The molecule has 0 unspecified atom stereocenters. The Bertz CT molecular complexity index is 533. The van der Waals surface area contributed by atoms with Gasteiger partial charge >= 0.3 is 0 Å². The first-order valence-electron chi connectivity index (χ1n) is 5.40. The van der Waals surface area contributed by atoms with Gasteiger partial charge < -0.3 is 0 Å². The number of hydrogen-bond acceptors (Lipinski definition) is 2. The lowest BCUT2D eigenvalue weighted by atomic mass is 9.83. The van der Waals surface area contributed by atoms with Gasteiger partial charge in [0.05, 0.1) is 6.26 Å².